The van der Waals surface area contributed by atoms with E-state index in [9.17, 15) is 10.5 Å². The van der Waals surface area contributed by atoms with Gasteiger partial charge in [0.2, 0.25) is 0 Å². The normalized spacial score (nSPS) is 14.1. The van der Waals surface area contributed by atoms with Crippen LogP contribution in [0, 0.1) is 36.5 Å². The predicted molar refractivity (Wildman–Crippen MR) is 256 cm³/mol. The Hall–Kier alpha value is -8.71. The van der Waals surface area contributed by atoms with Crippen molar-refractivity contribution in [1.82, 2.24) is 4.98 Å². The zero-order valence-corrected chi connectivity index (χ0v) is 35.0. The van der Waals surface area contributed by atoms with Crippen LogP contribution in [0.4, 0.5) is 34.1 Å². The molecule has 8 aromatic carbocycles. The smallest absolute Gasteiger partial charge is 0.145 e. The molecule has 0 saturated heterocycles. The van der Waals surface area contributed by atoms with E-state index in [-0.39, 0.29) is 0 Å². The van der Waals surface area contributed by atoms with E-state index in [1.807, 2.05) is 60.8 Å². The maximum atomic E-state index is 9.85. The lowest BCUT2D eigenvalue weighted by Gasteiger charge is -2.33. The minimum absolute atomic E-state index is 0.595. The van der Waals surface area contributed by atoms with Gasteiger partial charge >= 0.3 is 0 Å². The topological polar surface area (TPSA) is 80.1 Å². The fraction of sp³-hybridized carbons (Fsp3) is 0.0517. The van der Waals surface area contributed by atoms with Gasteiger partial charge < -0.3 is 14.2 Å². The summed E-state index contributed by atoms with van der Waals surface area (Å²) in [5, 5.41) is 21.6. The van der Waals surface area contributed by atoms with Gasteiger partial charge in [-0.15, -0.1) is 0 Å². The third-order valence-electron chi connectivity index (χ3n) is 13.1. The van der Waals surface area contributed by atoms with Crippen LogP contribution in [-0.2, 0) is 5.41 Å². The first-order chi connectivity index (χ1) is 31.5. The highest BCUT2D eigenvalue weighted by atomic mass is 16.3. The summed E-state index contributed by atoms with van der Waals surface area (Å²) in [6.07, 6.45) is 1.89. The molecule has 2 aliphatic rings. The van der Waals surface area contributed by atoms with Gasteiger partial charge in [0, 0.05) is 51.1 Å². The van der Waals surface area contributed by atoms with Crippen LogP contribution in [-0.4, -0.2) is 4.98 Å². The molecule has 0 fully saturated rings. The van der Waals surface area contributed by atoms with Gasteiger partial charge in [0.15, 0.2) is 0 Å². The molecule has 1 atom stereocenters. The number of hydrogen-bond donors (Lipinski definition) is 0. The minimum Gasteiger partial charge on any atom is -0.455 e. The summed E-state index contributed by atoms with van der Waals surface area (Å²) < 4.78 is 7.18. The molecule has 0 N–H and O–H groups in total. The summed E-state index contributed by atoms with van der Waals surface area (Å²) in [6.45, 7) is 4.20. The Balaban J connectivity index is 1.22. The number of furan rings is 1. The number of rotatable bonds is 6. The second-order valence-electron chi connectivity index (χ2n) is 16.7. The van der Waals surface area contributed by atoms with Gasteiger partial charge in [-0.25, -0.2) is 0 Å². The summed E-state index contributed by atoms with van der Waals surface area (Å²) in [5.74, 6) is 0. The van der Waals surface area contributed by atoms with Crippen LogP contribution in [0.15, 0.2) is 193 Å². The maximum absolute atomic E-state index is 9.85. The SMILES string of the molecule is Cc1ccc(N(c2ccc(C#N)cc2)c2ccc3c(c2)C2(c4ccccc4-c4ncccc42)c2cc(N(c4ccc(C)cc4)c4ccc(C#N)cc4)c4c(oc5ccccc54)c2-3)cc1. The summed E-state index contributed by atoms with van der Waals surface area (Å²) in [6, 6.07) is 68.0. The number of benzene rings is 8. The Morgan fingerprint density at radius 2 is 1.06 bits per heavy atom. The lowest BCUT2D eigenvalue weighted by molar-refractivity contribution is 0.669. The van der Waals surface area contributed by atoms with Crippen molar-refractivity contribution in [2.75, 3.05) is 9.80 Å². The van der Waals surface area contributed by atoms with Crippen LogP contribution in [0.1, 0.15) is 44.5 Å². The molecule has 0 aliphatic heterocycles. The molecule has 1 unspecified atom stereocenters. The Kier molecular flexibility index (Phi) is 8.21. The number of nitriles is 2. The number of para-hydroxylation sites is 1. The van der Waals surface area contributed by atoms with Crippen molar-refractivity contribution < 1.29 is 4.42 Å². The molecular weight excluding hydrogens is 783 g/mol. The number of anilines is 6. The Morgan fingerprint density at radius 3 is 1.72 bits per heavy atom. The van der Waals surface area contributed by atoms with Gasteiger partial charge in [-0.05, 0) is 145 Å². The molecule has 2 aliphatic carbocycles. The number of aryl methyl sites for hydroxylation is 2. The van der Waals surface area contributed by atoms with Crippen LogP contribution in [0.2, 0.25) is 0 Å². The summed E-state index contributed by atoms with van der Waals surface area (Å²) >= 11 is 0. The number of fused-ring (bicyclic) bond motifs is 14. The van der Waals surface area contributed by atoms with Gasteiger partial charge in [-0.2, -0.15) is 10.5 Å². The average Bonchev–Trinajstić information content (AvgIpc) is 3.98. The number of pyridine rings is 1. The molecule has 2 heterocycles. The quantitative estimate of drug-likeness (QED) is 0.166. The number of nitrogens with zero attached hydrogens (tertiary/aromatic N) is 5. The van der Waals surface area contributed by atoms with Crippen molar-refractivity contribution in [2.24, 2.45) is 0 Å². The predicted octanol–water partition coefficient (Wildman–Crippen LogP) is 14.6. The lowest BCUT2D eigenvalue weighted by atomic mass is 9.70. The van der Waals surface area contributed by atoms with Crippen LogP contribution in [0.5, 0.6) is 0 Å². The van der Waals surface area contributed by atoms with E-state index in [0.29, 0.717) is 11.1 Å². The lowest BCUT2D eigenvalue weighted by Crippen LogP contribution is -2.26. The molecule has 0 saturated carbocycles. The van der Waals surface area contributed by atoms with E-state index < -0.39 is 5.41 Å². The van der Waals surface area contributed by atoms with E-state index in [2.05, 4.69) is 163 Å². The van der Waals surface area contributed by atoms with Gasteiger partial charge in [0.25, 0.3) is 0 Å². The zero-order valence-electron chi connectivity index (χ0n) is 35.0. The molecule has 64 heavy (non-hydrogen) atoms. The van der Waals surface area contributed by atoms with Crippen molar-refractivity contribution in [1.29, 1.82) is 10.5 Å². The minimum atomic E-state index is -0.796. The highest BCUT2D eigenvalue weighted by molar-refractivity contribution is 6.19. The highest BCUT2D eigenvalue weighted by Gasteiger charge is 2.54. The van der Waals surface area contributed by atoms with Crippen LogP contribution >= 0.6 is 0 Å². The standard InChI is InChI=1S/C58H37N5O/c1-36-13-21-40(22-14-36)62(41-25-17-38(34-59)18-26-41)44-29-30-45-50(32-44)58(48-10-5-3-8-46(48)56-49(58)11-7-31-61-56)51-33-52(55-47-9-4-6-12-53(47)64-57(55)54(45)51)63(42-23-15-37(2)16-24-42)43-27-19-39(35-60)20-28-43/h3-33H,1-2H3. The summed E-state index contributed by atoms with van der Waals surface area (Å²) in [7, 11) is 0. The van der Waals surface area contributed by atoms with E-state index in [0.717, 1.165) is 106 Å². The number of hydrogen-bond acceptors (Lipinski definition) is 6. The van der Waals surface area contributed by atoms with Crippen LogP contribution < -0.4 is 9.80 Å². The van der Waals surface area contributed by atoms with Crippen LogP contribution in [0.25, 0.3) is 44.3 Å². The molecule has 1 spiro atoms. The second-order valence-corrected chi connectivity index (χ2v) is 16.7. The van der Waals surface area contributed by atoms with E-state index >= 15 is 0 Å². The fourth-order valence-electron chi connectivity index (χ4n) is 10.3. The molecule has 2 aromatic heterocycles. The molecule has 6 nitrogen and oxygen atoms in total. The van der Waals surface area contributed by atoms with E-state index in [4.69, 9.17) is 9.40 Å². The first kappa shape index (κ1) is 37.1. The highest BCUT2D eigenvalue weighted by Crippen LogP contribution is 2.65. The zero-order chi connectivity index (χ0) is 43.1. The van der Waals surface area contributed by atoms with Crippen molar-refractivity contribution in [2.45, 2.75) is 19.3 Å². The fourth-order valence-corrected chi connectivity index (χ4v) is 10.3. The Labute approximate surface area is 370 Å². The molecule has 10 aromatic rings. The first-order valence-corrected chi connectivity index (χ1v) is 21.4. The molecular formula is C58H37N5O. The van der Waals surface area contributed by atoms with Crippen molar-refractivity contribution in [3.63, 3.8) is 0 Å². The third-order valence-corrected chi connectivity index (χ3v) is 13.1. The van der Waals surface area contributed by atoms with Crippen molar-refractivity contribution in [3.8, 4) is 34.5 Å². The largest absolute Gasteiger partial charge is 0.455 e. The van der Waals surface area contributed by atoms with Crippen LogP contribution in [0.3, 0.4) is 0 Å². The molecule has 6 heteroatoms. The second kappa shape index (κ2) is 14.2. The van der Waals surface area contributed by atoms with E-state index in [1.54, 1.807) is 0 Å². The van der Waals surface area contributed by atoms with Gasteiger partial charge in [-0.3, -0.25) is 4.98 Å². The van der Waals surface area contributed by atoms with Crippen molar-refractivity contribution in [3.05, 3.63) is 233 Å². The average molecular weight is 820 g/mol. The molecule has 0 bridgehead atoms. The third kappa shape index (κ3) is 5.33. The molecule has 0 amide bonds. The van der Waals surface area contributed by atoms with E-state index in [1.165, 1.54) is 5.56 Å². The number of aromatic nitrogens is 1. The molecule has 12 rings (SSSR count). The first-order valence-electron chi connectivity index (χ1n) is 21.4. The maximum Gasteiger partial charge on any atom is 0.145 e. The molecule has 300 valence electrons. The van der Waals surface area contributed by atoms with Gasteiger partial charge in [-0.1, -0.05) is 90.0 Å². The Bertz CT molecular complexity index is 3550. The summed E-state index contributed by atoms with van der Waals surface area (Å²) in [4.78, 5) is 9.70. The van der Waals surface area contributed by atoms with Gasteiger partial charge in [0.05, 0.1) is 45.4 Å². The van der Waals surface area contributed by atoms with Gasteiger partial charge in [0.1, 0.15) is 11.2 Å². The van der Waals surface area contributed by atoms with Crippen molar-refractivity contribution >= 4 is 56.1 Å². The molecule has 0 radical (unpaired) electrons. The summed E-state index contributed by atoms with van der Waals surface area (Å²) in [5.41, 5.74) is 18.8. The monoisotopic (exact) mass is 819 g/mol. The Morgan fingerprint density at radius 1 is 0.500 bits per heavy atom.